The van der Waals surface area contributed by atoms with Gasteiger partial charge in [0.1, 0.15) is 6.33 Å². The maximum absolute atomic E-state index is 12.3. The van der Waals surface area contributed by atoms with Gasteiger partial charge >= 0.3 is 0 Å². The molecular weight excluding hydrogens is 370 g/mol. The Morgan fingerprint density at radius 3 is 2.54 bits per heavy atom. The molecular formula is C21H23N5OS. The highest BCUT2D eigenvalue weighted by Gasteiger charge is 2.12. The first-order valence-corrected chi connectivity index (χ1v) is 10.5. The minimum atomic E-state index is -0.0556. The fraction of sp³-hybridized carbons (Fsp3) is 0.286. The van der Waals surface area contributed by atoms with Crippen molar-refractivity contribution < 1.29 is 4.79 Å². The second-order valence-corrected chi connectivity index (χ2v) is 7.78. The second-order valence-electron chi connectivity index (χ2n) is 6.84. The van der Waals surface area contributed by atoms with Gasteiger partial charge in [-0.2, -0.15) is 0 Å². The molecule has 1 saturated heterocycles. The molecule has 0 spiro atoms. The van der Waals surface area contributed by atoms with Crippen molar-refractivity contribution in [2.75, 3.05) is 24.2 Å². The zero-order chi connectivity index (χ0) is 19.2. The number of nitrogens with zero attached hydrogens (tertiary/aromatic N) is 4. The van der Waals surface area contributed by atoms with Crippen LogP contribution in [0.4, 0.5) is 5.69 Å². The molecule has 1 aliphatic heterocycles. The van der Waals surface area contributed by atoms with Crippen LogP contribution in [0.2, 0.25) is 0 Å². The Balaban J connectivity index is 1.30. The summed E-state index contributed by atoms with van der Waals surface area (Å²) in [4.78, 5) is 14.8. The van der Waals surface area contributed by atoms with Crippen molar-refractivity contribution in [1.29, 1.82) is 0 Å². The van der Waals surface area contributed by atoms with E-state index in [1.165, 1.54) is 43.3 Å². The minimum Gasteiger partial charge on any atom is -0.325 e. The molecule has 0 unspecified atom stereocenters. The molecule has 0 aliphatic carbocycles. The van der Waals surface area contributed by atoms with Gasteiger partial charge in [0.25, 0.3) is 0 Å². The first kappa shape index (κ1) is 18.7. The average Bonchev–Trinajstić information content (AvgIpc) is 3.40. The number of para-hydroxylation sites is 1. The van der Waals surface area contributed by atoms with Gasteiger partial charge in [-0.15, -0.1) is 10.2 Å². The van der Waals surface area contributed by atoms with Crippen molar-refractivity contribution >= 4 is 23.4 Å². The summed E-state index contributed by atoms with van der Waals surface area (Å²) in [6, 6.07) is 18.0. The molecule has 144 valence electrons. The number of rotatable bonds is 7. The lowest BCUT2D eigenvalue weighted by molar-refractivity contribution is -0.113. The van der Waals surface area contributed by atoms with Gasteiger partial charge in [-0.25, -0.2) is 0 Å². The number of nitrogens with one attached hydrogen (secondary N) is 1. The molecule has 2 aromatic carbocycles. The van der Waals surface area contributed by atoms with E-state index in [0.717, 1.165) is 17.9 Å². The lowest BCUT2D eigenvalue weighted by Gasteiger charge is -2.14. The maximum atomic E-state index is 12.3. The molecule has 1 fully saturated rings. The molecule has 1 aromatic heterocycles. The third-order valence-electron chi connectivity index (χ3n) is 4.73. The highest BCUT2D eigenvalue weighted by molar-refractivity contribution is 7.99. The summed E-state index contributed by atoms with van der Waals surface area (Å²) in [5.41, 5.74) is 3.08. The molecule has 3 aromatic rings. The predicted molar refractivity (Wildman–Crippen MR) is 112 cm³/mol. The van der Waals surface area contributed by atoms with Crippen molar-refractivity contribution in [2.45, 2.75) is 24.5 Å². The Labute approximate surface area is 169 Å². The van der Waals surface area contributed by atoms with Gasteiger partial charge in [0.05, 0.1) is 5.75 Å². The van der Waals surface area contributed by atoms with E-state index < -0.39 is 0 Å². The van der Waals surface area contributed by atoms with Crippen LogP contribution in [0, 0.1) is 0 Å². The van der Waals surface area contributed by atoms with Crippen molar-refractivity contribution in [3.63, 3.8) is 0 Å². The fourth-order valence-electron chi connectivity index (χ4n) is 3.31. The van der Waals surface area contributed by atoms with Crippen molar-refractivity contribution in [3.8, 4) is 5.69 Å². The number of thioether (sulfide) groups is 1. The summed E-state index contributed by atoms with van der Waals surface area (Å²) in [5, 5.41) is 11.7. The van der Waals surface area contributed by atoms with E-state index in [1.54, 1.807) is 6.33 Å². The molecule has 7 heteroatoms. The fourth-order valence-corrected chi connectivity index (χ4v) is 4.04. The Morgan fingerprint density at radius 1 is 1.04 bits per heavy atom. The molecule has 0 radical (unpaired) electrons. The van der Waals surface area contributed by atoms with Crippen LogP contribution in [0.3, 0.4) is 0 Å². The quantitative estimate of drug-likeness (QED) is 0.622. The zero-order valence-electron chi connectivity index (χ0n) is 15.6. The first-order valence-electron chi connectivity index (χ1n) is 9.47. The van der Waals surface area contributed by atoms with Crippen LogP contribution in [0.5, 0.6) is 0 Å². The monoisotopic (exact) mass is 393 g/mol. The molecule has 0 bridgehead atoms. The standard InChI is InChI=1S/C21H23N5OS/c27-20(15-28-21-24-22-16-26(21)19-6-2-1-3-7-19)23-18-10-8-17(9-11-18)14-25-12-4-5-13-25/h1-3,6-11,16H,4-5,12-15H2,(H,23,27). The van der Waals surface area contributed by atoms with Crippen LogP contribution in [0.25, 0.3) is 5.69 Å². The summed E-state index contributed by atoms with van der Waals surface area (Å²) in [6.45, 7) is 3.35. The molecule has 1 aliphatic rings. The van der Waals surface area contributed by atoms with Gasteiger partial charge in [-0.1, -0.05) is 42.1 Å². The molecule has 0 atom stereocenters. The van der Waals surface area contributed by atoms with Gasteiger partial charge < -0.3 is 5.32 Å². The second kappa shape index (κ2) is 9.03. The third-order valence-corrected chi connectivity index (χ3v) is 5.67. The summed E-state index contributed by atoms with van der Waals surface area (Å²) < 4.78 is 1.88. The van der Waals surface area contributed by atoms with E-state index in [9.17, 15) is 4.79 Å². The number of benzene rings is 2. The topological polar surface area (TPSA) is 63.1 Å². The van der Waals surface area contributed by atoms with Crippen LogP contribution in [0.15, 0.2) is 66.1 Å². The summed E-state index contributed by atoms with van der Waals surface area (Å²) in [7, 11) is 0. The van der Waals surface area contributed by atoms with E-state index in [2.05, 4.69) is 32.5 Å². The highest BCUT2D eigenvalue weighted by Crippen LogP contribution is 2.20. The Hall–Kier alpha value is -2.64. The summed E-state index contributed by atoms with van der Waals surface area (Å²) in [6.07, 6.45) is 4.25. The highest BCUT2D eigenvalue weighted by atomic mass is 32.2. The Morgan fingerprint density at radius 2 is 1.79 bits per heavy atom. The van der Waals surface area contributed by atoms with E-state index in [1.807, 2.05) is 47.0 Å². The Bertz CT molecular complexity index is 904. The van der Waals surface area contributed by atoms with Crippen LogP contribution in [-0.2, 0) is 11.3 Å². The van der Waals surface area contributed by atoms with Crippen molar-refractivity contribution in [2.24, 2.45) is 0 Å². The van der Waals surface area contributed by atoms with Gasteiger partial charge in [-0.05, 0) is 55.8 Å². The van der Waals surface area contributed by atoms with E-state index in [4.69, 9.17) is 0 Å². The summed E-state index contributed by atoms with van der Waals surface area (Å²) >= 11 is 1.37. The summed E-state index contributed by atoms with van der Waals surface area (Å²) in [5.74, 6) is 0.223. The molecule has 4 rings (SSSR count). The number of hydrogen-bond acceptors (Lipinski definition) is 5. The molecule has 6 nitrogen and oxygen atoms in total. The third kappa shape index (κ3) is 4.79. The van der Waals surface area contributed by atoms with Crippen molar-refractivity contribution in [1.82, 2.24) is 19.7 Å². The van der Waals surface area contributed by atoms with Gasteiger partial charge in [0, 0.05) is 17.9 Å². The maximum Gasteiger partial charge on any atom is 0.234 e. The normalized spacial score (nSPS) is 14.3. The number of hydrogen-bond donors (Lipinski definition) is 1. The molecule has 1 N–H and O–H groups in total. The smallest absolute Gasteiger partial charge is 0.234 e. The lowest BCUT2D eigenvalue weighted by Crippen LogP contribution is -2.18. The number of anilines is 1. The molecule has 2 heterocycles. The van der Waals surface area contributed by atoms with Gasteiger partial charge in [0.2, 0.25) is 5.91 Å². The molecule has 1 amide bonds. The van der Waals surface area contributed by atoms with Gasteiger partial charge in [-0.3, -0.25) is 14.3 Å². The number of aromatic nitrogens is 3. The van der Waals surface area contributed by atoms with E-state index >= 15 is 0 Å². The minimum absolute atomic E-state index is 0.0556. The number of likely N-dealkylation sites (tertiary alicyclic amines) is 1. The average molecular weight is 394 g/mol. The lowest BCUT2D eigenvalue weighted by atomic mass is 10.2. The zero-order valence-corrected chi connectivity index (χ0v) is 16.4. The molecule has 28 heavy (non-hydrogen) atoms. The number of carbonyl (C=O) groups is 1. The van der Waals surface area contributed by atoms with Crippen LogP contribution >= 0.6 is 11.8 Å². The van der Waals surface area contributed by atoms with Crippen LogP contribution < -0.4 is 5.32 Å². The van der Waals surface area contributed by atoms with Crippen molar-refractivity contribution in [3.05, 3.63) is 66.5 Å². The number of amides is 1. The van der Waals surface area contributed by atoms with Crippen LogP contribution in [0.1, 0.15) is 18.4 Å². The van der Waals surface area contributed by atoms with E-state index in [0.29, 0.717) is 5.16 Å². The van der Waals surface area contributed by atoms with E-state index in [-0.39, 0.29) is 11.7 Å². The van der Waals surface area contributed by atoms with Gasteiger partial charge in [0.15, 0.2) is 5.16 Å². The molecule has 0 saturated carbocycles. The first-order chi connectivity index (χ1) is 13.8. The SMILES string of the molecule is O=C(CSc1nncn1-c1ccccc1)Nc1ccc(CN2CCCC2)cc1. The largest absolute Gasteiger partial charge is 0.325 e. The predicted octanol–water partition coefficient (Wildman–Crippen LogP) is 3.59. The van der Waals surface area contributed by atoms with Crippen LogP contribution in [-0.4, -0.2) is 44.4 Å². The Kier molecular flexibility index (Phi) is 6.04. The number of carbonyl (C=O) groups excluding carboxylic acids is 1.